The SMILES string of the molecule is C=CC[C@@H]1C[C@](C)(CI)OC1=O. The van der Waals surface area contributed by atoms with E-state index in [4.69, 9.17) is 4.74 Å². The average Bonchev–Trinajstić information content (AvgIpc) is 2.30. The molecule has 1 aliphatic heterocycles. The Morgan fingerprint density at radius 2 is 2.58 bits per heavy atom. The van der Waals surface area contributed by atoms with Gasteiger partial charge in [0.15, 0.2) is 0 Å². The Morgan fingerprint density at radius 1 is 1.92 bits per heavy atom. The minimum absolute atomic E-state index is 0.0438. The van der Waals surface area contributed by atoms with Crippen molar-refractivity contribution in [2.45, 2.75) is 25.4 Å². The van der Waals surface area contributed by atoms with E-state index >= 15 is 0 Å². The van der Waals surface area contributed by atoms with Gasteiger partial charge in [-0.2, -0.15) is 0 Å². The van der Waals surface area contributed by atoms with Crippen LogP contribution in [0.25, 0.3) is 0 Å². The number of hydrogen-bond donors (Lipinski definition) is 0. The van der Waals surface area contributed by atoms with Crippen molar-refractivity contribution >= 4 is 28.6 Å². The number of alkyl halides is 1. The van der Waals surface area contributed by atoms with Crippen LogP contribution in [0.15, 0.2) is 12.7 Å². The van der Waals surface area contributed by atoms with Crippen molar-refractivity contribution in [2.75, 3.05) is 4.43 Å². The number of rotatable bonds is 3. The lowest BCUT2D eigenvalue weighted by atomic mass is 9.95. The summed E-state index contributed by atoms with van der Waals surface area (Å²) >= 11 is 2.25. The normalized spacial score (nSPS) is 34.8. The molecule has 0 unspecified atom stereocenters. The van der Waals surface area contributed by atoms with E-state index in [1.54, 1.807) is 6.08 Å². The summed E-state index contributed by atoms with van der Waals surface area (Å²) in [5.74, 6) is -0.0173. The Morgan fingerprint density at radius 3 is 3.00 bits per heavy atom. The Kier molecular flexibility index (Phi) is 3.15. The predicted octanol–water partition coefficient (Wildman–Crippen LogP) is 2.32. The molecule has 0 radical (unpaired) electrons. The smallest absolute Gasteiger partial charge is 0.309 e. The molecule has 0 aliphatic carbocycles. The second-order valence-corrected chi connectivity index (χ2v) is 4.19. The van der Waals surface area contributed by atoms with Gasteiger partial charge in [-0.1, -0.05) is 28.7 Å². The van der Waals surface area contributed by atoms with E-state index in [-0.39, 0.29) is 17.5 Å². The van der Waals surface area contributed by atoms with Gasteiger partial charge in [-0.25, -0.2) is 0 Å². The molecule has 0 bridgehead atoms. The number of allylic oxidation sites excluding steroid dienone is 1. The van der Waals surface area contributed by atoms with Gasteiger partial charge in [0.05, 0.1) is 5.92 Å². The Bertz CT molecular complexity index is 203. The Labute approximate surface area is 86.5 Å². The monoisotopic (exact) mass is 280 g/mol. The van der Waals surface area contributed by atoms with Crippen molar-refractivity contribution in [3.05, 3.63) is 12.7 Å². The van der Waals surface area contributed by atoms with E-state index in [0.717, 1.165) is 17.3 Å². The lowest BCUT2D eigenvalue weighted by Gasteiger charge is -2.18. The van der Waals surface area contributed by atoms with Gasteiger partial charge >= 0.3 is 5.97 Å². The van der Waals surface area contributed by atoms with E-state index < -0.39 is 0 Å². The lowest BCUT2D eigenvalue weighted by Crippen LogP contribution is -2.25. The van der Waals surface area contributed by atoms with Gasteiger partial charge in [-0.05, 0) is 13.3 Å². The van der Waals surface area contributed by atoms with Crippen molar-refractivity contribution in [2.24, 2.45) is 5.92 Å². The highest BCUT2D eigenvalue weighted by molar-refractivity contribution is 14.1. The van der Waals surface area contributed by atoms with E-state index in [1.165, 1.54) is 0 Å². The highest BCUT2D eigenvalue weighted by Gasteiger charge is 2.41. The first-order chi connectivity index (χ1) is 5.61. The maximum atomic E-state index is 11.3. The molecule has 2 nitrogen and oxygen atoms in total. The van der Waals surface area contributed by atoms with E-state index in [0.29, 0.717) is 0 Å². The van der Waals surface area contributed by atoms with E-state index in [2.05, 4.69) is 29.2 Å². The maximum Gasteiger partial charge on any atom is 0.309 e. The molecule has 0 spiro atoms. The number of cyclic esters (lactones) is 1. The molecule has 68 valence electrons. The second-order valence-electron chi connectivity index (χ2n) is 3.43. The number of hydrogen-bond acceptors (Lipinski definition) is 2. The van der Waals surface area contributed by atoms with Crippen molar-refractivity contribution < 1.29 is 9.53 Å². The van der Waals surface area contributed by atoms with Gasteiger partial charge < -0.3 is 4.74 Å². The topological polar surface area (TPSA) is 26.3 Å². The maximum absolute atomic E-state index is 11.3. The first-order valence-electron chi connectivity index (χ1n) is 4.01. The molecule has 0 amide bonds. The molecule has 1 fully saturated rings. The lowest BCUT2D eigenvalue weighted by molar-refractivity contribution is -0.147. The predicted molar refractivity (Wildman–Crippen MR) is 56.3 cm³/mol. The molecule has 2 atom stereocenters. The van der Waals surface area contributed by atoms with Crippen LogP contribution < -0.4 is 0 Å². The molecule has 0 saturated carbocycles. The van der Waals surface area contributed by atoms with Crippen LogP contribution in [0.4, 0.5) is 0 Å². The first kappa shape index (κ1) is 10.0. The zero-order chi connectivity index (χ0) is 9.19. The minimum atomic E-state index is -0.231. The number of halogens is 1. The van der Waals surface area contributed by atoms with Crippen LogP contribution in [-0.2, 0) is 9.53 Å². The third-order valence-corrected chi connectivity index (χ3v) is 3.71. The number of carbonyl (C=O) groups excluding carboxylic acids is 1. The average molecular weight is 280 g/mol. The summed E-state index contributed by atoms with van der Waals surface area (Å²) < 4.78 is 6.13. The molecular formula is C9H13IO2. The molecule has 12 heavy (non-hydrogen) atoms. The molecule has 1 saturated heterocycles. The van der Waals surface area contributed by atoms with Crippen LogP contribution in [0.3, 0.4) is 0 Å². The van der Waals surface area contributed by atoms with E-state index in [9.17, 15) is 4.79 Å². The van der Waals surface area contributed by atoms with Crippen molar-refractivity contribution in [3.8, 4) is 0 Å². The quantitative estimate of drug-likeness (QED) is 0.343. The van der Waals surface area contributed by atoms with Crippen LogP contribution in [0.5, 0.6) is 0 Å². The summed E-state index contributed by atoms with van der Waals surface area (Å²) in [6.07, 6.45) is 3.36. The number of ether oxygens (including phenoxy) is 1. The third kappa shape index (κ3) is 2.00. The van der Waals surface area contributed by atoms with Gasteiger partial charge in [-0.15, -0.1) is 6.58 Å². The van der Waals surface area contributed by atoms with Gasteiger partial charge in [0.1, 0.15) is 5.60 Å². The molecule has 1 aliphatic rings. The third-order valence-electron chi connectivity index (χ3n) is 2.09. The standard InChI is InChI=1S/C9H13IO2/c1-3-4-7-5-9(2,6-10)12-8(7)11/h3,7H,1,4-6H2,2H3/t7-,9-/m1/s1. The second kappa shape index (κ2) is 3.77. The highest BCUT2D eigenvalue weighted by Crippen LogP contribution is 2.34. The number of esters is 1. The van der Waals surface area contributed by atoms with Crippen LogP contribution in [-0.4, -0.2) is 16.0 Å². The zero-order valence-corrected chi connectivity index (χ0v) is 9.34. The van der Waals surface area contributed by atoms with E-state index in [1.807, 2.05) is 6.92 Å². The highest BCUT2D eigenvalue weighted by atomic mass is 127. The fraction of sp³-hybridized carbons (Fsp3) is 0.667. The Balaban J connectivity index is 2.61. The van der Waals surface area contributed by atoms with Crippen molar-refractivity contribution in [1.82, 2.24) is 0 Å². The van der Waals surface area contributed by atoms with Gasteiger partial charge in [0, 0.05) is 10.8 Å². The summed E-state index contributed by atoms with van der Waals surface area (Å²) in [7, 11) is 0. The molecular weight excluding hydrogens is 267 g/mol. The van der Waals surface area contributed by atoms with Crippen molar-refractivity contribution in [1.29, 1.82) is 0 Å². The van der Waals surface area contributed by atoms with Gasteiger partial charge in [-0.3, -0.25) is 4.79 Å². The van der Waals surface area contributed by atoms with Crippen molar-refractivity contribution in [3.63, 3.8) is 0 Å². The molecule has 0 aromatic carbocycles. The molecule has 0 aromatic heterocycles. The van der Waals surface area contributed by atoms with Crippen LogP contribution in [0, 0.1) is 5.92 Å². The minimum Gasteiger partial charge on any atom is -0.458 e. The molecule has 0 aromatic rings. The summed E-state index contributed by atoms with van der Waals surface area (Å²) in [4.78, 5) is 11.3. The van der Waals surface area contributed by atoms with Crippen LogP contribution in [0.1, 0.15) is 19.8 Å². The Hall–Kier alpha value is -0.0600. The fourth-order valence-corrected chi connectivity index (χ4v) is 1.90. The summed E-state index contributed by atoms with van der Waals surface area (Å²) in [6.45, 7) is 5.61. The number of carbonyl (C=O) groups is 1. The zero-order valence-electron chi connectivity index (χ0n) is 7.18. The van der Waals surface area contributed by atoms with Crippen LogP contribution in [0.2, 0.25) is 0 Å². The van der Waals surface area contributed by atoms with Gasteiger partial charge in [0.25, 0.3) is 0 Å². The largest absolute Gasteiger partial charge is 0.458 e. The molecule has 1 heterocycles. The molecule has 3 heteroatoms. The molecule has 0 N–H and O–H groups in total. The van der Waals surface area contributed by atoms with Gasteiger partial charge in [0.2, 0.25) is 0 Å². The first-order valence-corrected chi connectivity index (χ1v) is 5.53. The fourth-order valence-electron chi connectivity index (χ4n) is 1.43. The molecule has 1 rings (SSSR count). The van der Waals surface area contributed by atoms with Crippen LogP contribution >= 0.6 is 22.6 Å². The summed E-state index contributed by atoms with van der Waals surface area (Å²) in [5, 5.41) is 0. The summed E-state index contributed by atoms with van der Waals surface area (Å²) in [6, 6.07) is 0. The summed E-state index contributed by atoms with van der Waals surface area (Å²) in [5.41, 5.74) is -0.231.